The number of halogens is 3. The van der Waals surface area contributed by atoms with Gasteiger partial charge >= 0.3 is 12.1 Å². The molecule has 0 saturated carbocycles. The Balaban J connectivity index is 2.77. The predicted octanol–water partition coefficient (Wildman–Crippen LogP) is 1.18. The Kier molecular flexibility index (Phi) is 4.89. The Morgan fingerprint density at radius 3 is 2.60 bits per heavy atom. The molecule has 0 radical (unpaired) electrons. The highest BCUT2D eigenvalue weighted by molar-refractivity contribution is 5.94. The molecule has 0 bridgehead atoms. The molecule has 20 heavy (non-hydrogen) atoms. The Morgan fingerprint density at radius 1 is 1.40 bits per heavy atom. The Morgan fingerprint density at radius 2 is 2.05 bits per heavy atom. The number of likely N-dealkylation sites (N-methyl/N-ethyl adjacent to an activating group) is 1. The maximum absolute atomic E-state index is 12.0. The molecule has 1 heterocycles. The van der Waals surface area contributed by atoms with E-state index in [1.165, 1.54) is 25.2 Å². The van der Waals surface area contributed by atoms with Crippen LogP contribution in [0.5, 0.6) is 5.88 Å². The number of rotatable bonds is 5. The number of carboxylic acids is 1. The van der Waals surface area contributed by atoms with Gasteiger partial charge in [0.2, 0.25) is 5.88 Å². The zero-order valence-corrected chi connectivity index (χ0v) is 10.3. The van der Waals surface area contributed by atoms with E-state index in [1.807, 2.05) is 0 Å². The number of aromatic nitrogens is 1. The largest absolute Gasteiger partial charge is 0.480 e. The standard InChI is InChI=1S/C11H11F3N2O4/c1-16(5-9(17)18)10(19)7-3-2-4-8(15-7)20-6-11(12,13)14/h2-4H,5-6H2,1H3,(H,17,18). The lowest BCUT2D eigenvalue weighted by Crippen LogP contribution is -2.32. The number of pyridine rings is 1. The Labute approximate surface area is 111 Å². The zero-order chi connectivity index (χ0) is 15.3. The van der Waals surface area contributed by atoms with Crippen LogP contribution in [0.2, 0.25) is 0 Å². The van der Waals surface area contributed by atoms with Crippen LogP contribution in [0.25, 0.3) is 0 Å². The third-order valence-corrected chi connectivity index (χ3v) is 2.05. The minimum absolute atomic E-state index is 0.201. The number of carboxylic acid groups (broad SMARTS) is 1. The van der Waals surface area contributed by atoms with Gasteiger partial charge in [0.1, 0.15) is 12.2 Å². The van der Waals surface area contributed by atoms with Gasteiger partial charge in [-0.05, 0) is 6.07 Å². The fraction of sp³-hybridized carbons (Fsp3) is 0.364. The zero-order valence-electron chi connectivity index (χ0n) is 10.3. The average molecular weight is 292 g/mol. The van der Waals surface area contributed by atoms with Crippen molar-refractivity contribution in [3.8, 4) is 5.88 Å². The predicted molar refractivity (Wildman–Crippen MR) is 60.4 cm³/mol. The molecule has 1 aromatic rings. The first-order chi connectivity index (χ1) is 9.19. The topological polar surface area (TPSA) is 79.7 Å². The van der Waals surface area contributed by atoms with Crippen molar-refractivity contribution in [2.24, 2.45) is 0 Å². The van der Waals surface area contributed by atoms with Gasteiger partial charge in [-0.2, -0.15) is 13.2 Å². The van der Waals surface area contributed by atoms with Gasteiger partial charge < -0.3 is 14.7 Å². The monoisotopic (exact) mass is 292 g/mol. The summed E-state index contributed by atoms with van der Waals surface area (Å²) in [5.41, 5.74) is -0.201. The molecule has 0 aliphatic carbocycles. The number of carbonyl (C=O) groups excluding carboxylic acids is 1. The number of nitrogens with zero attached hydrogens (tertiary/aromatic N) is 2. The van der Waals surface area contributed by atoms with Crippen LogP contribution in [-0.2, 0) is 4.79 Å². The number of ether oxygens (including phenoxy) is 1. The lowest BCUT2D eigenvalue weighted by Gasteiger charge is -2.14. The number of hydrogen-bond donors (Lipinski definition) is 1. The van der Waals surface area contributed by atoms with Crippen LogP contribution in [0, 0.1) is 0 Å². The number of aliphatic carboxylic acids is 1. The summed E-state index contributed by atoms with van der Waals surface area (Å²) in [6, 6.07) is 3.71. The van der Waals surface area contributed by atoms with Crippen molar-refractivity contribution in [1.82, 2.24) is 9.88 Å². The van der Waals surface area contributed by atoms with Crippen LogP contribution in [0.1, 0.15) is 10.5 Å². The second kappa shape index (κ2) is 6.22. The van der Waals surface area contributed by atoms with Crippen LogP contribution >= 0.6 is 0 Å². The second-order valence-corrected chi connectivity index (χ2v) is 3.82. The van der Waals surface area contributed by atoms with Gasteiger partial charge in [0.15, 0.2) is 6.61 Å². The molecule has 1 N–H and O–H groups in total. The molecule has 6 nitrogen and oxygen atoms in total. The van der Waals surface area contributed by atoms with E-state index in [1.54, 1.807) is 0 Å². The minimum Gasteiger partial charge on any atom is -0.480 e. The summed E-state index contributed by atoms with van der Waals surface area (Å²) in [7, 11) is 1.24. The molecule has 9 heteroatoms. The first-order valence-corrected chi connectivity index (χ1v) is 5.33. The Hall–Kier alpha value is -2.32. The first kappa shape index (κ1) is 15.7. The number of amides is 1. The molecule has 0 unspecified atom stereocenters. The fourth-order valence-corrected chi connectivity index (χ4v) is 1.24. The van der Waals surface area contributed by atoms with Gasteiger partial charge in [0.25, 0.3) is 5.91 Å². The van der Waals surface area contributed by atoms with Crippen LogP contribution in [0.15, 0.2) is 18.2 Å². The lowest BCUT2D eigenvalue weighted by atomic mass is 10.3. The van der Waals surface area contributed by atoms with Crippen LogP contribution in [-0.4, -0.2) is 53.2 Å². The molecule has 0 spiro atoms. The molecule has 1 aromatic heterocycles. The normalized spacial score (nSPS) is 11.0. The van der Waals surface area contributed by atoms with Crippen molar-refractivity contribution in [3.63, 3.8) is 0 Å². The molecule has 0 aromatic carbocycles. The summed E-state index contributed by atoms with van der Waals surface area (Å²) in [5, 5.41) is 8.54. The van der Waals surface area contributed by atoms with Crippen LogP contribution in [0.3, 0.4) is 0 Å². The van der Waals surface area contributed by atoms with E-state index in [2.05, 4.69) is 9.72 Å². The average Bonchev–Trinajstić information content (AvgIpc) is 2.34. The van der Waals surface area contributed by atoms with E-state index in [4.69, 9.17) is 5.11 Å². The highest BCUT2D eigenvalue weighted by Crippen LogP contribution is 2.17. The number of hydrogen-bond acceptors (Lipinski definition) is 4. The van der Waals surface area contributed by atoms with Gasteiger partial charge in [0.05, 0.1) is 0 Å². The van der Waals surface area contributed by atoms with Crippen molar-refractivity contribution in [2.75, 3.05) is 20.2 Å². The van der Waals surface area contributed by atoms with Gasteiger partial charge in [-0.1, -0.05) is 6.07 Å². The maximum atomic E-state index is 12.0. The van der Waals surface area contributed by atoms with E-state index >= 15 is 0 Å². The number of carbonyl (C=O) groups is 2. The molecule has 110 valence electrons. The van der Waals surface area contributed by atoms with Crippen molar-refractivity contribution in [1.29, 1.82) is 0 Å². The molecule has 0 aliphatic rings. The highest BCUT2D eigenvalue weighted by Gasteiger charge is 2.28. The molecule has 0 fully saturated rings. The second-order valence-electron chi connectivity index (χ2n) is 3.82. The molecule has 1 amide bonds. The lowest BCUT2D eigenvalue weighted by molar-refractivity contribution is -0.154. The summed E-state index contributed by atoms with van der Waals surface area (Å²) in [4.78, 5) is 26.7. The molecule has 0 aliphatic heterocycles. The van der Waals surface area contributed by atoms with Gasteiger partial charge in [-0.15, -0.1) is 0 Å². The maximum Gasteiger partial charge on any atom is 0.422 e. The van der Waals surface area contributed by atoms with E-state index in [-0.39, 0.29) is 11.6 Å². The summed E-state index contributed by atoms with van der Waals surface area (Å²) < 4.78 is 40.3. The summed E-state index contributed by atoms with van der Waals surface area (Å²) in [6.45, 7) is -2.07. The van der Waals surface area contributed by atoms with E-state index in [9.17, 15) is 22.8 Å². The minimum atomic E-state index is -4.51. The number of alkyl halides is 3. The molecule has 0 atom stereocenters. The van der Waals surface area contributed by atoms with Gasteiger partial charge in [-0.25, -0.2) is 4.98 Å². The van der Waals surface area contributed by atoms with Crippen molar-refractivity contribution in [2.45, 2.75) is 6.18 Å². The summed E-state index contributed by atoms with van der Waals surface area (Å²) in [5.74, 6) is -2.31. The quantitative estimate of drug-likeness (QED) is 0.881. The fourth-order valence-electron chi connectivity index (χ4n) is 1.24. The van der Waals surface area contributed by atoms with Gasteiger partial charge in [-0.3, -0.25) is 9.59 Å². The molecule has 1 rings (SSSR count). The van der Waals surface area contributed by atoms with Crippen molar-refractivity contribution in [3.05, 3.63) is 23.9 Å². The smallest absolute Gasteiger partial charge is 0.422 e. The van der Waals surface area contributed by atoms with E-state index < -0.39 is 31.2 Å². The highest BCUT2D eigenvalue weighted by atomic mass is 19.4. The molecule has 0 saturated heterocycles. The third-order valence-electron chi connectivity index (χ3n) is 2.05. The van der Waals surface area contributed by atoms with E-state index in [0.29, 0.717) is 0 Å². The molecular weight excluding hydrogens is 281 g/mol. The van der Waals surface area contributed by atoms with Gasteiger partial charge in [0, 0.05) is 13.1 Å². The summed E-state index contributed by atoms with van der Waals surface area (Å²) >= 11 is 0. The van der Waals surface area contributed by atoms with Crippen molar-refractivity contribution >= 4 is 11.9 Å². The van der Waals surface area contributed by atoms with Crippen LogP contribution < -0.4 is 4.74 Å². The van der Waals surface area contributed by atoms with Crippen molar-refractivity contribution < 1.29 is 32.6 Å². The Bertz CT molecular complexity index is 505. The molecular formula is C11H11F3N2O4. The van der Waals surface area contributed by atoms with E-state index in [0.717, 1.165) is 4.90 Å². The third kappa shape index (κ3) is 5.12. The first-order valence-electron chi connectivity index (χ1n) is 5.33. The SMILES string of the molecule is CN(CC(=O)O)C(=O)c1cccc(OCC(F)(F)F)n1. The summed E-state index contributed by atoms with van der Waals surface area (Å²) in [6.07, 6.45) is -4.51. The van der Waals surface area contributed by atoms with Crippen LogP contribution in [0.4, 0.5) is 13.2 Å².